The van der Waals surface area contributed by atoms with Gasteiger partial charge in [0.25, 0.3) is 0 Å². The van der Waals surface area contributed by atoms with Crippen LogP contribution in [-0.2, 0) is 0 Å². The fourth-order valence-corrected chi connectivity index (χ4v) is 2.46. The maximum atomic E-state index is 6.17. The van der Waals surface area contributed by atoms with E-state index in [1.807, 2.05) is 43.5 Å². The van der Waals surface area contributed by atoms with Crippen molar-refractivity contribution in [3.63, 3.8) is 0 Å². The predicted octanol–water partition coefficient (Wildman–Crippen LogP) is 4.11. The Labute approximate surface area is 127 Å². The van der Waals surface area contributed by atoms with Gasteiger partial charge in [0.15, 0.2) is 0 Å². The summed E-state index contributed by atoms with van der Waals surface area (Å²) in [6.07, 6.45) is 3.56. The highest BCUT2D eigenvalue weighted by molar-refractivity contribution is 6.32. The van der Waals surface area contributed by atoms with Gasteiger partial charge in [0, 0.05) is 23.5 Å². The highest BCUT2D eigenvalue weighted by atomic mass is 35.5. The first-order chi connectivity index (χ1) is 10.2. The zero-order chi connectivity index (χ0) is 14.8. The van der Waals surface area contributed by atoms with Crippen molar-refractivity contribution >= 4 is 11.6 Å². The Morgan fingerprint density at radius 2 is 2.05 bits per heavy atom. The Kier molecular flexibility index (Phi) is 3.62. The Morgan fingerprint density at radius 3 is 2.71 bits per heavy atom. The summed E-state index contributed by atoms with van der Waals surface area (Å²) in [7, 11) is 1.60. The highest BCUT2D eigenvalue weighted by Crippen LogP contribution is 2.31. The van der Waals surface area contributed by atoms with Crippen LogP contribution in [0.15, 0.2) is 42.7 Å². The minimum absolute atomic E-state index is 0.562. The number of aryl methyl sites for hydroxylation is 1. The second-order valence-corrected chi connectivity index (χ2v) is 5.04. The summed E-state index contributed by atoms with van der Waals surface area (Å²) in [5, 5.41) is 0.562. The van der Waals surface area contributed by atoms with Crippen LogP contribution in [0.5, 0.6) is 5.75 Å². The van der Waals surface area contributed by atoms with Crippen LogP contribution < -0.4 is 4.74 Å². The SMILES string of the molecule is COc1ccc(-c2nc(C)c(-c3cccnc3)[nH]2)cc1Cl. The molecule has 0 aliphatic rings. The van der Waals surface area contributed by atoms with E-state index in [2.05, 4.69) is 15.0 Å². The van der Waals surface area contributed by atoms with E-state index in [9.17, 15) is 0 Å². The Morgan fingerprint density at radius 1 is 1.19 bits per heavy atom. The van der Waals surface area contributed by atoms with Gasteiger partial charge in [-0.3, -0.25) is 4.98 Å². The third-order valence-electron chi connectivity index (χ3n) is 3.26. The summed E-state index contributed by atoms with van der Waals surface area (Å²) in [6.45, 7) is 1.97. The summed E-state index contributed by atoms with van der Waals surface area (Å²) in [5.74, 6) is 1.42. The molecule has 0 amide bonds. The summed E-state index contributed by atoms with van der Waals surface area (Å²) >= 11 is 6.17. The number of rotatable bonds is 3. The molecule has 1 N–H and O–H groups in total. The van der Waals surface area contributed by atoms with Crippen LogP contribution >= 0.6 is 11.6 Å². The number of nitrogens with one attached hydrogen (secondary N) is 1. The number of nitrogens with zero attached hydrogens (tertiary/aromatic N) is 2. The molecule has 2 aromatic heterocycles. The molecular weight excluding hydrogens is 286 g/mol. The van der Waals surface area contributed by atoms with Crippen molar-refractivity contribution in [2.45, 2.75) is 6.92 Å². The first-order valence-electron chi connectivity index (χ1n) is 6.50. The van der Waals surface area contributed by atoms with Gasteiger partial charge in [0.1, 0.15) is 11.6 Å². The number of halogens is 1. The van der Waals surface area contributed by atoms with Crippen LogP contribution in [0.2, 0.25) is 5.02 Å². The van der Waals surface area contributed by atoms with E-state index in [1.165, 1.54) is 0 Å². The van der Waals surface area contributed by atoms with E-state index in [4.69, 9.17) is 16.3 Å². The minimum atomic E-state index is 0.562. The molecule has 0 bridgehead atoms. The first kappa shape index (κ1) is 13.6. The lowest BCUT2D eigenvalue weighted by molar-refractivity contribution is 0.415. The molecular formula is C16H14ClN3O. The van der Waals surface area contributed by atoms with Crippen LogP contribution in [0.4, 0.5) is 0 Å². The van der Waals surface area contributed by atoms with E-state index >= 15 is 0 Å². The number of imidazole rings is 1. The number of aromatic amines is 1. The maximum Gasteiger partial charge on any atom is 0.138 e. The van der Waals surface area contributed by atoms with Crippen molar-refractivity contribution in [1.82, 2.24) is 15.0 Å². The molecule has 0 radical (unpaired) electrons. The van der Waals surface area contributed by atoms with Crippen LogP contribution in [0.1, 0.15) is 5.69 Å². The Bertz CT molecular complexity index is 768. The number of aromatic nitrogens is 3. The van der Waals surface area contributed by atoms with E-state index in [1.54, 1.807) is 13.3 Å². The molecule has 4 nitrogen and oxygen atoms in total. The van der Waals surface area contributed by atoms with Gasteiger partial charge in [-0.2, -0.15) is 0 Å². The van der Waals surface area contributed by atoms with E-state index < -0.39 is 0 Å². The molecule has 0 aliphatic heterocycles. The number of hydrogen-bond acceptors (Lipinski definition) is 3. The molecule has 0 aliphatic carbocycles. The van der Waals surface area contributed by atoms with Gasteiger partial charge in [-0.05, 0) is 37.3 Å². The van der Waals surface area contributed by atoms with E-state index in [0.29, 0.717) is 10.8 Å². The lowest BCUT2D eigenvalue weighted by Gasteiger charge is -2.04. The quantitative estimate of drug-likeness (QED) is 0.792. The van der Waals surface area contributed by atoms with Gasteiger partial charge in [0.2, 0.25) is 0 Å². The summed E-state index contributed by atoms with van der Waals surface area (Å²) < 4.78 is 5.16. The summed E-state index contributed by atoms with van der Waals surface area (Å²) in [6, 6.07) is 9.50. The predicted molar refractivity (Wildman–Crippen MR) is 83.6 cm³/mol. The molecule has 3 aromatic rings. The Balaban J connectivity index is 2.03. The first-order valence-corrected chi connectivity index (χ1v) is 6.87. The molecule has 0 atom stereocenters. The number of H-pyrrole nitrogens is 1. The molecule has 0 saturated carbocycles. The molecule has 2 heterocycles. The second kappa shape index (κ2) is 5.58. The van der Waals surface area contributed by atoms with Gasteiger partial charge >= 0.3 is 0 Å². The average Bonchev–Trinajstić information content (AvgIpc) is 2.90. The maximum absolute atomic E-state index is 6.17. The minimum Gasteiger partial charge on any atom is -0.495 e. The smallest absolute Gasteiger partial charge is 0.138 e. The molecule has 0 fully saturated rings. The van der Waals surface area contributed by atoms with Crippen molar-refractivity contribution in [2.24, 2.45) is 0 Å². The third kappa shape index (κ3) is 2.62. The van der Waals surface area contributed by atoms with Crippen LogP contribution in [-0.4, -0.2) is 22.1 Å². The van der Waals surface area contributed by atoms with Crippen molar-refractivity contribution in [3.8, 4) is 28.4 Å². The average molecular weight is 300 g/mol. The second-order valence-electron chi connectivity index (χ2n) is 4.64. The summed E-state index contributed by atoms with van der Waals surface area (Å²) in [5.41, 5.74) is 3.81. The van der Waals surface area contributed by atoms with Crippen molar-refractivity contribution in [2.75, 3.05) is 7.11 Å². The molecule has 106 valence electrons. The van der Waals surface area contributed by atoms with Gasteiger partial charge in [0.05, 0.1) is 23.5 Å². The normalized spacial score (nSPS) is 10.6. The van der Waals surface area contributed by atoms with Crippen molar-refractivity contribution in [3.05, 3.63) is 53.4 Å². The van der Waals surface area contributed by atoms with Gasteiger partial charge in [-0.1, -0.05) is 11.6 Å². The lowest BCUT2D eigenvalue weighted by atomic mass is 10.2. The van der Waals surface area contributed by atoms with E-state index in [-0.39, 0.29) is 0 Å². The summed E-state index contributed by atoms with van der Waals surface area (Å²) in [4.78, 5) is 12.0. The molecule has 0 unspecified atom stereocenters. The highest BCUT2D eigenvalue weighted by Gasteiger charge is 2.11. The Hall–Kier alpha value is -2.33. The number of ether oxygens (including phenoxy) is 1. The van der Waals surface area contributed by atoms with Crippen LogP contribution in [0.3, 0.4) is 0 Å². The molecule has 3 rings (SSSR count). The largest absolute Gasteiger partial charge is 0.495 e. The van der Waals surface area contributed by atoms with E-state index in [0.717, 1.165) is 28.3 Å². The molecule has 1 aromatic carbocycles. The topological polar surface area (TPSA) is 50.8 Å². The number of pyridine rings is 1. The lowest BCUT2D eigenvalue weighted by Crippen LogP contribution is -1.86. The van der Waals surface area contributed by atoms with Gasteiger partial charge in [-0.25, -0.2) is 4.98 Å². The van der Waals surface area contributed by atoms with Crippen molar-refractivity contribution in [1.29, 1.82) is 0 Å². The third-order valence-corrected chi connectivity index (χ3v) is 3.56. The standard InChI is InChI=1S/C16H14ClN3O/c1-10-15(12-4-3-7-18-9-12)20-16(19-10)11-5-6-14(21-2)13(17)8-11/h3-9H,1-2H3,(H,19,20). The fourth-order valence-electron chi connectivity index (χ4n) is 2.20. The fraction of sp³-hybridized carbons (Fsp3) is 0.125. The van der Waals surface area contributed by atoms with Crippen LogP contribution in [0, 0.1) is 6.92 Å². The molecule has 0 spiro atoms. The van der Waals surface area contributed by atoms with Gasteiger partial charge < -0.3 is 9.72 Å². The number of methoxy groups -OCH3 is 1. The number of hydrogen-bond donors (Lipinski definition) is 1. The number of benzene rings is 1. The molecule has 0 saturated heterocycles. The van der Waals surface area contributed by atoms with Crippen molar-refractivity contribution < 1.29 is 4.74 Å². The van der Waals surface area contributed by atoms with Gasteiger partial charge in [-0.15, -0.1) is 0 Å². The zero-order valence-electron chi connectivity index (χ0n) is 11.7. The zero-order valence-corrected chi connectivity index (χ0v) is 12.5. The molecule has 5 heteroatoms. The van der Waals surface area contributed by atoms with Crippen LogP contribution in [0.25, 0.3) is 22.6 Å². The monoisotopic (exact) mass is 299 g/mol. The molecule has 21 heavy (non-hydrogen) atoms.